The molecule has 2 aromatic heterocycles. The van der Waals surface area contributed by atoms with Crippen molar-refractivity contribution in [2.75, 3.05) is 12.3 Å². The number of aromatic nitrogens is 1. The highest BCUT2D eigenvalue weighted by atomic mass is 16.5. The fourth-order valence-corrected chi connectivity index (χ4v) is 2.42. The van der Waals surface area contributed by atoms with Gasteiger partial charge in [-0.05, 0) is 35.7 Å². The molecule has 3 aromatic rings. The van der Waals surface area contributed by atoms with E-state index in [2.05, 4.69) is 31.1 Å². The predicted molar refractivity (Wildman–Crippen MR) is 101 cm³/mol. The minimum Gasteiger partial charge on any atom is -0.493 e. The molecule has 6 heteroatoms. The predicted octanol–water partition coefficient (Wildman–Crippen LogP) is 3.76. The van der Waals surface area contributed by atoms with Crippen molar-refractivity contribution >= 4 is 22.7 Å². The molecule has 0 saturated heterocycles. The van der Waals surface area contributed by atoms with E-state index in [1.165, 1.54) is 0 Å². The summed E-state index contributed by atoms with van der Waals surface area (Å²) in [6.45, 7) is 7.24. The lowest BCUT2D eigenvalue weighted by molar-refractivity contribution is 0.0949. The van der Waals surface area contributed by atoms with Crippen molar-refractivity contribution in [3.63, 3.8) is 0 Å². The van der Waals surface area contributed by atoms with Crippen LogP contribution in [0.5, 0.6) is 5.75 Å². The zero-order chi connectivity index (χ0) is 18.7. The normalized spacial score (nSPS) is 11.5. The van der Waals surface area contributed by atoms with E-state index in [0.29, 0.717) is 17.9 Å². The van der Waals surface area contributed by atoms with Gasteiger partial charge in [-0.3, -0.25) is 4.79 Å². The zero-order valence-corrected chi connectivity index (χ0v) is 15.2. The molecule has 0 fully saturated rings. The van der Waals surface area contributed by atoms with Crippen molar-refractivity contribution in [2.45, 2.75) is 27.3 Å². The summed E-state index contributed by atoms with van der Waals surface area (Å²) in [4.78, 5) is 16.1. The Morgan fingerprint density at radius 3 is 2.81 bits per heavy atom. The molecule has 26 heavy (non-hydrogen) atoms. The first-order valence-corrected chi connectivity index (χ1v) is 8.46. The van der Waals surface area contributed by atoms with Gasteiger partial charge in [-0.1, -0.05) is 20.8 Å². The number of hydrogen-bond donors (Lipinski definition) is 2. The third-order valence-corrected chi connectivity index (χ3v) is 3.72. The number of carbonyl (C=O) groups excluding carboxylic acids is 1. The van der Waals surface area contributed by atoms with Gasteiger partial charge in [-0.2, -0.15) is 0 Å². The molecule has 6 nitrogen and oxygen atoms in total. The van der Waals surface area contributed by atoms with E-state index >= 15 is 0 Å². The van der Waals surface area contributed by atoms with E-state index in [4.69, 9.17) is 14.9 Å². The lowest BCUT2D eigenvalue weighted by atomic mass is 9.99. The number of nitrogens with one attached hydrogen (secondary N) is 1. The molecule has 0 spiro atoms. The summed E-state index contributed by atoms with van der Waals surface area (Å²) in [6.07, 6.45) is 1.55. The van der Waals surface area contributed by atoms with Crippen LogP contribution in [0.2, 0.25) is 0 Å². The van der Waals surface area contributed by atoms with Gasteiger partial charge in [0.05, 0.1) is 18.7 Å². The van der Waals surface area contributed by atoms with Gasteiger partial charge in [0.2, 0.25) is 0 Å². The number of carbonyl (C=O) groups is 1. The Morgan fingerprint density at radius 1 is 1.27 bits per heavy atom. The van der Waals surface area contributed by atoms with Crippen LogP contribution in [0, 0.1) is 5.41 Å². The zero-order valence-electron chi connectivity index (χ0n) is 15.2. The van der Waals surface area contributed by atoms with Crippen LogP contribution in [0.3, 0.4) is 0 Å². The van der Waals surface area contributed by atoms with E-state index in [1.54, 1.807) is 18.3 Å². The molecule has 1 amide bonds. The average Bonchev–Trinajstić information content (AvgIpc) is 3.00. The maximum absolute atomic E-state index is 12.2. The van der Waals surface area contributed by atoms with E-state index in [1.807, 2.05) is 24.3 Å². The topological polar surface area (TPSA) is 90.4 Å². The Hall–Kier alpha value is -3.02. The van der Waals surface area contributed by atoms with Crippen molar-refractivity contribution < 1.29 is 13.9 Å². The summed E-state index contributed by atoms with van der Waals surface area (Å²) in [5, 5.41) is 3.75. The third-order valence-electron chi connectivity index (χ3n) is 3.72. The second-order valence-electron chi connectivity index (χ2n) is 7.38. The fourth-order valence-electron chi connectivity index (χ4n) is 2.42. The summed E-state index contributed by atoms with van der Waals surface area (Å²) in [5.74, 6) is 1.34. The Labute approximate surface area is 152 Å². The molecule has 0 aliphatic rings. The fraction of sp³-hybridized carbons (Fsp3) is 0.300. The summed E-state index contributed by atoms with van der Waals surface area (Å²) in [7, 11) is 0. The van der Waals surface area contributed by atoms with E-state index in [0.717, 1.165) is 16.7 Å². The molecule has 3 rings (SSSR count). The highest BCUT2D eigenvalue weighted by Crippen LogP contribution is 2.26. The van der Waals surface area contributed by atoms with Crippen LogP contribution in [-0.4, -0.2) is 17.5 Å². The quantitative estimate of drug-likeness (QED) is 0.729. The van der Waals surface area contributed by atoms with Crippen LogP contribution in [0.1, 0.15) is 36.9 Å². The molecular weight excluding hydrogens is 330 g/mol. The SMILES string of the molecule is CC(C)(C)COc1ccc2cc(CNC(=O)c3cccnc3N)oc2c1. The second kappa shape index (κ2) is 7.07. The molecule has 0 aliphatic carbocycles. The minimum atomic E-state index is -0.287. The van der Waals surface area contributed by atoms with Crippen molar-refractivity contribution in [2.24, 2.45) is 5.41 Å². The van der Waals surface area contributed by atoms with E-state index in [9.17, 15) is 4.79 Å². The number of nitrogen functional groups attached to an aromatic ring is 1. The van der Waals surface area contributed by atoms with Crippen molar-refractivity contribution in [1.82, 2.24) is 10.3 Å². The number of rotatable bonds is 5. The number of ether oxygens (including phenoxy) is 1. The largest absolute Gasteiger partial charge is 0.493 e. The van der Waals surface area contributed by atoms with Crippen LogP contribution in [0.15, 0.2) is 47.0 Å². The van der Waals surface area contributed by atoms with Crippen molar-refractivity contribution in [3.05, 3.63) is 53.9 Å². The first-order valence-electron chi connectivity index (χ1n) is 8.46. The van der Waals surface area contributed by atoms with Gasteiger partial charge in [0.15, 0.2) is 0 Å². The van der Waals surface area contributed by atoms with Gasteiger partial charge in [-0.25, -0.2) is 4.98 Å². The number of nitrogens with zero attached hydrogens (tertiary/aromatic N) is 1. The van der Waals surface area contributed by atoms with Crippen LogP contribution in [-0.2, 0) is 6.54 Å². The molecule has 0 unspecified atom stereocenters. The summed E-state index contributed by atoms with van der Waals surface area (Å²) in [5.41, 5.74) is 6.88. The molecule has 136 valence electrons. The molecule has 0 radical (unpaired) electrons. The molecule has 2 heterocycles. The minimum absolute atomic E-state index is 0.0850. The number of furan rings is 1. The van der Waals surface area contributed by atoms with Gasteiger partial charge in [0, 0.05) is 17.6 Å². The summed E-state index contributed by atoms with van der Waals surface area (Å²) < 4.78 is 11.6. The number of benzene rings is 1. The molecular formula is C20H23N3O3. The Bertz CT molecular complexity index is 925. The lowest BCUT2D eigenvalue weighted by Crippen LogP contribution is -2.23. The van der Waals surface area contributed by atoms with Crippen molar-refractivity contribution in [3.8, 4) is 5.75 Å². The molecule has 0 saturated carbocycles. The molecule has 0 atom stereocenters. The van der Waals surface area contributed by atoms with Gasteiger partial charge in [0.1, 0.15) is 22.9 Å². The standard InChI is InChI=1S/C20H23N3O3/c1-20(2,3)12-25-14-7-6-13-9-15(26-17(13)10-14)11-23-19(24)16-5-4-8-22-18(16)21/h4-10H,11-12H2,1-3H3,(H2,21,22)(H,23,24). The van der Waals surface area contributed by atoms with Gasteiger partial charge in [0.25, 0.3) is 5.91 Å². The lowest BCUT2D eigenvalue weighted by Gasteiger charge is -2.18. The van der Waals surface area contributed by atoms with Gasteiger partial charge in [-0.15, -0.1) is 0 Å². The monoisotopic (exact) mass is 353 g/mol. The molecule has 0 aliphatic heterocycles. The number of pyridine rings is 1. The smallest absolute Gasteiger partial charge is 0.255 e. The highest BCUT2D eigenvalue weighted by Gasteiger charge is 2.13. The Kier molecular flexibility index (Phi) is 4.84. The first-order chi connectivity index (χ1) is 12.3. The number of fused-ring (bicyclic) bond motifs is 1. The highest BCUT2D eigenvalue weighted by molar-refractivity contribution is 5.98. The van der Waals surface area contributed by atoms with Gasteiger partial charge < -0.3 is 20.2 Å². The van der Waals surface area contributed by atoms with E-state index in [-0.39, 0.29) is 23.7 Å². The van der Waals surface area contributed by atoms with Crippen LogP contribution in [0.25, 0.3) is 11.0 Å². The van der Waals surface area contributed by atoms with E-state index < -0.39 is 0 Å². The number of hydrogen-bond acceptors (Lipinski definition) is 5. The number of nitrogens with two attached hydrogens (primary N) is 1. The van der Waals surface area contributed by atoms with Crippen molar-refractivity contribution in [1.29, 1.82) is 0 Å². The third kappa shape index (κ3) is 4.33. The number of amides is 1. The van der Waals surface area contributed by atoms with Gasteiger partial charge >= 0.3 is 0 Å². The van der Waals surface area contributed by atoms with Crippen LogP contribution in [0.4, 0.5) is 5.82 Å². The summed E-state index contributed by atoms with van der Waals surface area (Å²) >= 11 is 0. The average molecular weight is 353 g/mol. The Balaban J connectivity index is 1.67. The Morgan fingerprint density at radius 2 is 2.08 bits per heavy atom. The molecule has 1 aromatic carbocycles. The van der Waals surface area contributed by atoms with Crippen LogP contribution >= 0.6 is 0 Å². The maximum atomic E-state index is 12.2. The first kappa shape index (κ1) is 17.8. The summed E-state index contributed by atoms with van der Waals surface area (Å²) in [6, 6.07) is 10.9. The second-order valence-corrected chi connectivity index (χ2v) is 7.38. The number of anilines is 1. The van der Waals surface area contributed by atoms with Crippen LogP contribution < -0.4 is 15.8 Å². The maximum Gasteiger partial charge on any atom is 0.255 e. The molecule has 0 bridgehead atoms. The molecule has 3 N–H and O–H groups in total.